The van der Waals surface area contributed by atoms with E-state index in [1.807, 2.05) is 76.2 Å². The predicted octanol–water partition coefficient (Wildman–Crippen LogP) is 4.99. The number of aliphatic hydroxyl groups is 1. The van der Waals surface area contributed by atoms with Crippen LogP contribution in [0.4, 0.5) is 0 Å². The molecule has 0 aliphatic carbocycles. The minimum atomic E-state index is -0.663. The molecule has 32 heavy (non-hydrogen) atoms. The number of carbonyl (C=O) groups excluding carboxylic acids is 2. The van der Waals surface area contributed by atoms with Crippen LogP contribution in [0.1, 0.15) is 51.3 Å². The number of benzene rings is 2. The van der Waals surface area contributed by atoms with Crippen LogP contribution in [0.3, 0.4) is 0 Å². The average molecular weight is 438 g/mol. The Morgan fingerprint density at radius 3 is 2.12 bits per heavy atom. The summed E-state index contributed by atoms with van der Waals surface area (Å²) in [7, 11) is 1.59. The number of hydrogen-bond acceptors (Lipinski definition) is 5. The van der Waals surface area contributed by atoms with E-state index < -0.39 is 17.7 Å². The van der Waals surface area contributed by atoms with Crippen LogP contribution in [0.5, 0.6) is 11.5 Å². The number of methoxy groups -OCH3 is 1. The largest absolute Gasteiger partial charge is 0.503 e. The van der Waals surface area contributed by atoms with E-state index in [9.17, 15) is 14.7 Å². The number of rotatable bonds is 9. The summed E-state index contributed by atoms with van der Waals surface area (Å²) in [5.74, 6) is 0.314. The molecule has 1 aliphatic rings. The van der Waals surface area contributed by atoms with Gasteiger partial charge in [-0.2, -0.15) is 0 Å². The molecule has 2 aromatic carbocycles. The highest BCUT2D eigenvalue weighted by Gasteiger charge is 2.43. The van der Waals surface area contributed by atoms with Crippen molar-refractivity contribution in [3.63, 3.8) is 0 Å². The Hall–Kier alpha value is -3.28. The second-order valence-electron chi connectivity index (χ2n) is 8.70. The minimum Gasteiger partial charge on any atom is -0.503 e. The lowest BCUT2D eigenvalue weighted by Crippen LogP contribution is -2.30. The fourth-order valence-corrected chi connectivity index (χ4v) is 3.86. The summed E-state index contributed by atoms with van der Waals surface area (Å²) in [4.78, 5) is 27.6. The van der Waals surface area contributed by atoms with Gasteiger partial charge in [-0.15, -0.1) is 0 Å². The van der Waals surface area contributed by atoms with Crippen molar-refractivity contribution in [1.29, 1.82) is 0 Å². The van der Waals surface area contributed by atoms with Crippen LogP contribution in [0, 0.1) is 5.92 Å². The van der Waals surface area contributed by atoms with Crippen LogP contribution in [0.15, 0.2) is 59.9 Å². The molecule has 6 nitrogen and oxygen atoms in total. The van der Waals surface area contributed by atoms with Crippen LogP contribution < -0.4 is 9.47 Å². The van der Waals surface area contributed by atoms with Gasteiger partial charge in [-0.25, -0.2) is 0 Å². The molecule has 1 unspecified atom stereocenters. The standard InChI is InChI=1S/C26H31NO5/c1-16(2)14-22(28)23-24(19-8-12-21(13-9-19)32-17(3)4)27(26(30)25(23)29)15-18-6-10-20(31-5)11-7-18/h6-13,16-17,24,29H,14-15H2,1-5H3. The Bertz CT molecular complexity index is 990. The van der Waals surface area contributed by atoms with Crippen LogP contribution >= 0.6 is 0 Å². The Morgan fingerprint density at radius 2 is 1.59 bits per heavy atom. The highest BCUT2D eigenvalue weighted by atomic mass is 16.5. The van der Waals surface area contributed by atoms with E-state index in [4.69, 9.17) is 9.47 Å². The SMILES string of the molecule is COc1ccc(CN2C(=O)C(O)=C(C(=O)CC(C)C)C2c2ccc(OC(C)C)cc2)cc1. The first-order chi connectivity index (χ1) is 15.2. The zero-order valence-electron chi connectivity index (χ0n) is 19.3. The predicted molar refractivity (Wildman–Crippen MR) is 123 cm³/mol. The van der Waals surface area contributed by atoms with Crippen LogP contribution in [0.25, 0.3) is 0 Å². The van der Waals surface area contributed by atoms with Gasteiger partial charge in [0.15, 0.2) is 11.5 Å². The third-order valence-electron chi connectivity index (χ3n) is 5.28. The van der Waals surface area contributed by atoms with Gasteiger partial charge in [-0.1, -0.05) is 38.1 Å². The van der Waals surface area contributed by atoms with Crippen LogP contribution in [-0.4, -0.2) is 34.9 Å². The number of carbonyl (C=O) groups is 2. The maximum absolute atomic E-state index is 13.1. The van der Waals surface area contributed by atoms with Crippen molar-refractivity contribution in [2.24, 2.45) is 5.92 Å². The monoisotopic (exact) mass is 437 g/mol. The highest BCUT2D eigenvalue weighted by molar-refractivity contribution is 6.09. The highest BCUT2D eigenvalue weighted by Crippen LogP contribution is 2.40. The Labute approximate surface area is 189 Å². The average Bonchev–Trinajstić information content (AvgIpc) is 2.99. The summed E-state index contributed by atoms with van der Waals surface area (Å²) in [6.07, 6.45) is 0.293. The molecule has 1 atom stereocenters. The Morgan fingerprint density at radius 1 is 1.00 bits per heavy atom. The minimum absolute atomic E-state index is 0.0348. The van der Waals surface area contributed by atoms with Crippen molar-refractivity contribution in [3.05, 3.63) is 71.0 Å². The molecule has 1 heterocycles. The Kier molecular flexibility index (Phi) is 7.23. The number of nitrogens with zero attached hydrogens (tertiary/aromatic N) is 1. The van der Waals surface area contributed by atoms with Crippen LogP contribution in [0.2, 0.25) is 0 Å². The first-order valence-corrected chi connectivity index (χ1v) is 10.9. The van der Waals surface area contributed by atoms with Gasteiger partial charge in [0.1, 0.15) is 11.5 Å². The summed E-state index contributed by atoms with van der Waals surface area (Å²) in [5, 5.41) is 10.7. The molecule has 1 amide bonds. The van der Waals surface area contributed by atoms with Gasteiger partial charge >= 0.3 is 0 Å². The summed E-state index contributed by atoms with van der Waals surface area (Å²) >= 11 is 0. The third kappa shape index (κ3) is 5.13. The fraction of sp³-hybridized carbons (Fsp3) is 0.385. The van der Waals surface area contributed by atoms with Gasteiger partial charge < -0.3 is 19.5 Å². The normalized spacial score (nSPS) is 16.3. The zero-order valence-corrected chi connectivity index (χ0v) is 19.3. The fourth-order valence-electron chi connectivity index (χ4n) is 3.86. The number of ketones is 1. The van der Waals surface area contributed by atoms with E-state index >= 15 is 0 Å². The molecule has 0 saturated carbocycles. The molecule has 3 rings (SSSR count). The van der Waals surface area contributed by atoms with Crippen molar-refractivity contribution >= 4 is 11.7 Å². The lowest BCUT2D eigenvalue weighted by atomic mass is 9.92. The first-order valence-electron chi connectivity index (χ1n) is 10.9. The summed E-state index contributed by atoms with van der Waals surface area (Å²) in [6.45, 7) is 8.02. The zero-order chi connectivity index (χ0) is 23.4. The molecule has 0 radical (unpaired) electrons. The smallest absolute Gasteiger partial charge is 0.290 e. The van der Waals surface area contributed by atoms with E-state index in [2.05, 4.69) is 0 Å². The molecule has 0 bridgehead atoms. The third-order valence-corrected chi connectivity index (χ3v) is 5.28. The molecule has 6 heteroatoms. The maximum Gasteiger partial charge on any atom is 0.290 e. The first kappa shape index (κ1) is 23.4. The van der Waals surface area contributed by atoms with Crippen LogP contribution in [-0.2, 0) is 16.1 Å². The van der Waals surface area contributed by atoms with E-state index in [1.165, 1.54) is 0 Å². The van der Waals surface area contributed by atoms with E-state index in [1.54, 1.807) is 12.0 Å². The second-order valence-corrected chi connectivity index (χ2v) is 8.70. The number of ether oxygens (including phenoxy) is 2. The van der Waals surface area contributed by atoms with Gasteiger partial charge in [0, 0.05) is 13.0 Å². The van der Waals surface area contributed by atoms with E-state index in [0.717, 1.165) is 11.1 Å². The number of amides is 1. The molecule has 2 aromatic rings. The van der Waals surface area contributed by atoms with Crippen molar-refractivity contribution in [3.8, 4) is 11.5 Å². The quantitative estimate of drug-likeness (QED) is 0.598. The van der Waals surface area contributed by atoms with Crippen molar-refractivity contribution in [1.82, 2.24) is 4.90 Å². The van der Waals surface area contributed by atoms with E-state index in [0.29, 0.717) is 11.5 Å². The molecule has 0 saturated heterocycles. The van der Waals surface area contributed by atoms with Crippen molar-refractivity contribution in [2.75, 3.05) is 7.11 Å². The Balaban J connectivity index is 1.98. The van der Waals surface area contributed by atoms with Crippen molar-refractivity contribution < 1.29 is 24.2 Å². The molecule has 1 N–H and O–H groups in total. The summed E-state index contributed by atoms with van der Waals surface area (Å²) < 4.78 is 10.9. The van der Waals surface area contributed by atoms with Gasteiger partial charge in [0.25, 0.3) is 5.91 Å². The number of Topliss-reactive ketones (excluding diaryl/α,β-unsaturated/α-hetero) is 1. The second kappa shape index (κ2) is 9.90. The molecular formula is C26H31NO5. The molecule has 0 fully saturated rings. The molecule has 0 spiro atoms. The lowest BCUT2D eigenvalue weighted by Gasteiger charge is -2.27. The van der Waals surface area contributed by atoms with Crippen molar-refractivity contribution in [2.45, 2.75) is 52.8 Å². The molecule has 0 aromatic heterocycles. The van der Waals surface area contributed by atoms with Gasteiger partial charge in [0.05, 0.1) is 24.8 Å². The van der Waals surface area contributed by atoms with Gasteiger partial charge in [0.2, 0.25) is 0 Å². The number of aliphatic hydroxyl groups excluding tert-OH is 1. The van der Waals surface area contributed by atoms with Gasteiger partial charge in [-0.05, 0) is 55.2 Å². The van der Waals surface area contributed by atoms with Gasteiger partial charge in [-0.3, -0.25) is 9.59 Å². The lowest BCUT2D eigenvalue weighted by molar-refractivity contribution is -0.130. The van der Waals surface area contributed by atoms with E-state index in [-0.39, 0.29) is 36.3 Å². The molecular weight excluding hydrogens is 406 g/mol. The topological polar surface area (TPSA) is 76.1 Å². The molecule has 170 valence electrons. The molecule has 1 aliphatic heterocycles. The summed E-state index contributed by atoms with van der Waals surface area (Å²) in [6, 6.07) is 14.1. The number of hydrogen-bond donors (Lipinski definition) is 1. The summed E-state index contributed by atoms with van der Waals surface area (Å²) in [5.41, 5.74) is 1.78. The maximum atomic E-state index is 13.1.